The number of nitrogens with one attached hydrogen (secondary N) is 2. The molecule has 1 fully saturated rings. The molecule has 2 rings (SSSR count). The van der Waals surface area contributed by atoms with E-state index in [1.165, 1.54) is 12.8 Å². The number of hydrogen-bond acceptors (Lipinski definition) is 3. The Labute approximate surface area is 129 Å². The lowest BCUT2D eigenvalue weighted by molar-refractivity contribution is 0.392. The molecule has 112 valence electrons. The number of piperidine rings is 1. The molecule has 1 heterocycles. The van der Waals surface area contributed by atoms with Crippen LogP contribution in [0.3, 0.4) is 0 Å². The molecule has 1 aliphatic rings. The fourth-order valence-corrected chi connectivity index (χ4v) is 3.73. The molecule has 1 saturated heterocycles. The molecule has 6 heteroatoms. The van der Waals surface area contributed by atoms with Gasteiger partial charge in [-0.05, 0) is 43.5 Å². The van der Waals surface area contributed by atoms with Crippen molar-refractivity contribution < 1.29 is 8.42 Å². The summed E-state index contributed by atoms with van der Waals surface area (Å²) < 4.78 is 27.6. The zero-order valence-electron chi connectivity index (χ0n) is 11.4. The van der Waals surface area contributed by atoms with Crippen molar-refractivity contribution >= 4 is 26.0 Å². The zero-order valence-corrected chi connectivity index (χ0v) is 13.8. The van der Waals surface area contributed by atoms with Crippen LogP contribution in [0.25, 0.3) is 0 Å². The summed E-state index contributed by atoms with van der Waals surface area (Å²) in [6, 6.07) is 8.00. The van der Waals surface area contributed by atoms with E-state index in [2.05, 4.69) is 26.0 Å². The van der Waals surface area contributed by atoms with Crippen LogP contribution in [0.15, 0.2) is 28.7 Å². The van der Waals surface area contributed by atoms with Crippen molar-refractivity contribution in [3.63, 3.8) is 0 Å². The maximum absolute atomic E-state index is 12.0. The number of benzene rings is 1. The highest BCUT2D eigenvalue weighted by atomic mass is 79.9. The largest absolute Gasteiger partial charge is 0.314 e. The van der Waals surface area contributed by atoms with E-state index in [4.69, 9.17) is 0 Å². The van der Waals surface area contributed by atoms with Crippen molar-refractivity contribution in [1.29, 1.82) is 0 Å². The van der Waals surface area contributed by atoms with Crippen molar-refractivity contribution in [3.05, 3.63) is 34.3 Å². The Morgan fingerprint density at radius 2 is 2.00 bits per heavy atom. The van der Waals surface area contributed by atoms with E-state index in [1.54, 1.807) is 0 Å². The average Bonchev–Trinajstić information content (AvgIpc) is 2.46. The molecule has 1 aromatic rings. The van der Waals surface area contributed by atoms with Crippen LogP contribution in [-0.2, 0) is 16.6 Å². The predicted octanol–water partition coefficient (Wildman–Crippen LogP) is 2.40. The lowest BCUT2D eigenvalue weighted by Crippen LogP contribution is -2.37. The molecule has 0 radical (unpaired) electrons. The van der Waals surface area contributed by atoms with Crippen molar-refractivity contribution in [2.45, 2.75) is 38.3 Å². The van der Waals surface area contributed by atoms with Crippen LogP contribution in [0, 0.1) is 0 Å². The van der Waals surface area contributed by atoms with E-state index in [9.17, 15) is 8.42 Å². The van der Waals surface area contributed by atoms with Crippen LogP contribution in [0.4, 0.5) is 0 Å². The number of sulfonamides is 1. The van der Waals surface area contributed by atoms with Crippen LogP contribution in [0.1, 0.15) is 31.2 Å². The molecule has 0 aromatic heterocycles. The van der Waals surface area contributed by atoms with Gasteiger partial charge in [-0.2, -0.15) is 0 Å². The van der Waals surface area contributed by atoms with Gasteiger partial charge < -0.3 is 5.32 Å². The van der Waals surface area contributed by atoms with Gasteiger partial charge in [0.1, 0.15) is 0 Å². The molecule has 0 spiro atoms. The molecule has 0 aliphatic carbocycles. The van der Waals surface area contributed by atoms with Gasteiger partial charge in [-0.15, -0.1) is 0 Å². The third-order valence-corrected chi connectivity index (χ3v) is 5.44. The lowest BCUT2D eigenvalue weighted by atomic mass is 10.0. The first kappa shape index (κ1) is 15.9. The van der Waals surface area contributed by atoms with Crippen molar-refractivity contribution in [2.24, 2.45) is 0 Å². The summed E-state index contributed by atoms with van der Waals surface area (Å²) in [4.78, 5) is 0. The Morgan fingerprint density at radius 3 is 2.65 bits per heavy atom. The minimum atomic E-state index is -3.19. The Kier molecular flexibility index (Phi) is 6.01. The maximum Gasteiger partial charge on any atom is 0.211 e. The first-order valence-corrected chi connectivity index (χ1v) is 9.45. The summed E-state index contributed by atoms with van der Waals surface area (Å²) in [6.07, 6.45) is 4.17. The van der Waals surface area contributed by atoms with Gasteiger partial charge in [-0.3, -0.25) is 0 Å². The van der Waals surface area contributed by atoms with Gasteiger partial charge in [-0.25, -0.2) is 13.1 Å². The molecule has 0 bridgehead atoms. The first-order chi connectivity index (χ1) is 9.55. The third kappa shape index (κ3) is 5.52. The first-order valence-electron chi connectivity index (χ1n) is 7.00. The predicted molar refractivity (Wildman–Crippen MR) is 85.0 cm³/mol. The Bertz CT molecular complexity index is 510. The topological polar surface area (TPSA) is 58.2 Å². The second-order valence-electron chi connectivity index (χ2n) is 5.20. The summed E-state index contributed by atoms with van der Waals surface area (Å²) >= 11 is 3.36. The Hall–Kier alpha value is -0.430. The second kappa shape index (κ2) is 7.54. The fraction of sp³-hybridized carbons (Fsp3) is 0.571. The van der Waals surface area contributed by atoms with Crippen LogP contribution >= 0.6 is 15.9 Å². The minimum Gasteiger partial charge on any atom is -0.314 e. The molecule has 0 amide bonds. The molecule has 1 aromatic carbocycles. The smallest absolute Gasteiger partial charge is 0.211 e. The van der Waals surface area contributed by atoms with Gasteiger partial charge in [-0.1, -0.05) is 34.5 Å². The summed E-state index contributed by atoms with van der Waals surface area (Å²) in [5, 5.41) is 3.37. The quantitative estimate of drug-likeness (QED) is 0.818. The highest BCUT2D eigenvalue weighted by Gasteiger charge is 2.17. The summed E-state index contributed by atoms with van der Waals surface area (Å²) in [6.45, 7) is 1.37. The molecular formula is C14H21BrN2O2S. The van der Waals surface area contributed by atoms with Crippen LogP contribution in [0.5, 0.6) is 0 Å². The zero-order chi connectivity index (χ0) is 14.4. The van der Waals surface area contributed by atoms with E-state index >= 15 is 0 Å². The van der Waals surface area contributed by atoms with E-state index in [0.717, 1.165) is 23.0 Å². The molecule has 1 aliphatic heterocycles. The summed E-state index contributed by atoms with van der Waals surface area (Å²) in [7, 11) is -3.19. The summed E-state index contributed by atoms with van der Waals surface area (Å²) in [5.41, 5.74) is 0.965. The van der Waals surface area contributed by atoms with Gasteiger partial charge in [0.2, 0.25) is 10.0 Å². The van der Waals surface area contributed by atoms with Crippen LogP contribution in [0.2, 0.25) is 0 Å². The van der Waals surface area contributed by atoms with Gasteiger partial charge in [0.25, 0.3) is 0 Å². The van der Waals surface area contributed by atoms with E-state index in [0.29, 0.717) is 19.0 Å². The minimum absolute atomic E-state index is 0.196. The number of halogens is 1. The van der Waals surface area contributed by atoms with E-state index < -0.39 is 10.0 Å². The average molecular weight is 361 g/mol. The van der Waals surface area contributed by atoms with Crippen molar-refractivity contribution in [2.75, 3.05) is 12.3 Å². The molecule has 1 atom stereocenters. The normalized spacial score (nSPS) is 19.9. The molecule has 1 unspecified atom stereocenters. The maximum atomic E-state index is 12.0. The molecular weight excluding hydrogens is 340 g/mol. The second-order valence-corrected chi connectivity index (χ2v) is 8.04. The van der Waals surface area contributed by atoms with Crippen molar-refractivity contribution in [3.8, 4) is 0 Å². The van der Waals surface area contributed by atoms with Gasteiger partial charge in [0.15, 0.2) is 0 Å². The third-order valence-electron chi connectivity index (χ3n) is 3.56. The summed E-state index contributed by atoms with van der Waals surface area (Å²) in [5.74, 6) is 0.196. The number of hydrogen-bond donors (Lipinski definition) is 2. The van der Waals surface area contributed by atoms with Gasteiger partial charge in [0, 0.05) is 17.1 Å². The highest BCUT2D eigenvalue weighted by Crippen LogP contribution is 2.12. The van der Waals surface area contributed by atoms with Crippen molar-refractivity contribution in [1.82, 2.24) is 10.0 Å². The molecule has 0 saturated carbocycles. The molecule has 4 nitrogen and oxygen atoms in total. The van der Waals surface area contributed by atoms with E-state index in [1.807, 2.05) is 24.3 Å². The fourth-order valence-electron chi connectivity index (χ4n) is 2.34. The highest BCUT2D eigenvalue weighted by molar-refractivity contribution is 9.10. The van der Waals surface area contributed by atoms with Gasteiger partial charge in [0.05, 0.1) is 5.75 Å². The van der Waals surface area contributed by atoms with E-state index in [-0.39, 0.29) is 5.75 Å². The van der Waals surface area contributed by atoms with Crippen LogP contribution in [-0.4, -0.2) is 26.8 Å². The molecule has 2 N–H and O–H groups in total. The Balaban J connectivity index is 1.76. The van der Waals surface area contributed by atoms with Crippen LogP contribution < -0.4 is 10.0 Å². The SMILES string of the molecule is O=S(=O)(CCC1CCCCN1)NCc1ccc(Br)cc1. The standard InChI is InChI=1S/C14H21BrN2O2S/c15-13-6-4-12(5-7-13)11-17-20(18,19)10-8-14-3-1-2-9-16-14/h4-7,14,16-17H,1-3,8-11H2. The lowest BCUT2D eigenvalue weighted by Gasteiger charge is -2.23. The molecule has 20 heavy (non-hydrogen) atoms. The van der Waals surface area contributed by atoms with Gasteiger partial charge >= 0.3 is 0 Å². The monoisotopic (exact) mass is 360 g/mol. The Morgan fingerprint density at radius 1 is 1.25 bits per heavy atom. The number of rotatable bonds is 6.